The van der Waals surface area contributed by atoms with Crippen LogP contribution in [0.15, 0.2) is 27.6 Å². The van der Waals surface area contributed by atoms with Gasteiger partial charge in [-0.05, 0) is 43.7 Å². The van der Waals surface area contributed by atoms with Crippen LogP contribution in [0.4, 0.5) is 0 Å². The molecule has 1 aliphatic heterocycles. The molecule has 0 unspecified atom stereocenters. The lowest BCUT2D eigenvalue weighted by molar-refractivity contribution is 0.239. The number of aryl methyl sites for hydroxylation is 1. The van der Waals surface area contributed by atoms with Crippen molar-refractivity contribution in [2.24, 2.45) is 0 Å². The number of nitrogens with one attached hydrogen (secondary N) is 2. The van der Waals surface area contributed by atoms with Crippen LogP contribution in [0.25, 0.3) is 0 Å². The predicted molar refractivity (Wildman–Crippen MR) is 88.0 cm³/mol. The molecule has 0 spiro atoms. The Morgan fingerprint density at radius 2 is 2.05 bits per heavy atom. The summed E-state index contributed by atoms with van der Waals surface area (Å²) in [6, 6.07) is 5.20. The molecule has 1 heterocycles. The molecular weight excluding hydrogens is 354 g/mol. The minimum absolute atomic E-state index is 0.355. The third-order valence-corrected chi connectivity index (χ3v) is 5.69. The Balaban J connectivity index is 1.83. The summed E-state index contributed by atoms with van der Waals surface area (Å²) >= 11 is 3.35. The van der Waals surface area contributed by atoms with Crippen LogP contribution in [0.3, 0.4) is 0 Å². The Hall–Kier alpha value is -0.470. The summed E-state index contributed by atoms with van der Waals surface area (Å²) in [5.74, 6) is 0. The van der Waals surface area contributed by atoms with E-state index >= 15 is 0 Å². The molecule has 7 heteroatoms. The van der Waals surface area contributed by atoms with E-state index in [0.29, 0.717) is 11.4 Å². The van der Waals surface area contributed by atoms with E-state index in [9.17, 15) is 8.42 Å². The van der Waals surface area contributed by atoms with Gasteiger partial charge in [0.25, 0.3) is 0 Å². The number of hydrogen-bond acceptors (Lipinski definition) is 4. The number of nitrogens with zero attached hydrogens (tertiary/aromatic N) is 1. The molecule has 0 bridgehead atoms. The molecule has 0 radical (unpaired) electrons. The molecule has 0 aliphatic carbocycles. The number of halogens is 1. The van der Waals surface area contributed by atoms with Gasteiger partial charge >= 0.3 is 0 Å². The third-order valence-electron chi connectivity index (χ3n) is 3.58. The van der Waals surface area contributed by atoms with Crippen molar-refractivity contribution in [3.05, 3.63) is 28.2 Å². The molecule has 1 fully saturated rings. The molecular formula is C14H22BrN3O2S. The van der Waals surface area contributed by atoms with Crippen LogP contribution in [0.1, 0.15) is 12.0 Å². The van der Waals surface area contributed by atoms with Crippen LogP contribution in [0, 0.1) is 6.92 Å². The zero-order chi connectivity index (χ0) is 15.3. The maximum atomic E-state index is 12.3. The van der Waals surface area contributed by atoms with E-state index in [-0.39, 0.29) is 0 Å². The van der Waals surface area contributed by atoms with Gasteiger partial charge in [0.2, 0.25) is 10.0 Å². The first-order valence-electron chi connectivity index (χ1n) is 7.18. The molecule has 2 rings (SSSR count). The fourth-order valence-corrected chi connectivity index (χ4v) is 4.21. The van der Waals surface area contributed by atoms with Gasteiger partial charge in [0.15, 0.2) is 0 Å². The van der Waals surface area contributed by atoms with Crippen LogP contribution in [-0.4, -0.2) is 52.6 Å². The van der Waals surface area contributed by atoms with Crippen molar-refractivity contribution in [2.75, 3.05) is 39.3 Å². The molecule has 1 saturated heterocycles. The summed E-state index contributed by atoms with van der Waals surface area (Å²) in [5, 5.41) is 3.30. The number of sulfonamides is 1. The third kappa shape index (κ3) is 5.03. The largest absolute Gasteiger partial charge is 0.314 e. The fraction of sp³-hybridized carbons (Fsp3) is 0.571. The van der Waals surface area contributed by atoms with Gasteiger partial charge < -0.3 is 10.2 Å². The second-order valence-electron chi connectivity index (χ2n) is 5.25. The smallest absolute Gasteiger partial charge is 0.240 e. The molecule has 1 aromatic carbocycles. The van der Waals surface area contributed by atoms with Gasteiger partial charge in [0.1, 0.15) is 0 Å². The molecule has 0 amide bonds. The summed E-state index contributed by atoms with van der Waals surface area (Å²) < 4.78 is 28.1. The lowest BCUT2D eigenvalue weighted by Gasteiger charge is -2.27. The highest BCUT2D eigenvalue weighted by atomic mass is 79.9. The molecule has 118 valence electrons. The number of rotatable bonds is 6. The van der Waals surface area contributed by atoms with Crippen molar-refractivity contribution < 1.29 is 8.42 Å². The van der Waals surface area contributed by atoms with Crippen LogP contribution in [-0.2, 0) is 10.0 Å². The first-order valence-corrected chi connectivity index (χ1v) is 9.45. The SMILES string of the molecule is Cc1cc(Br)ccc1S(=O)(=O)NCCCN1CCNCC1. The maximum Gasteiger partial charge on any atom is 0.240 e. The fourth-order valence-electron chi connectivity index (χ4n) is 2.44. The average molecular weight is 376 g/mol. The van der Waals surface area contributed by atoms with Crippen molar-refractivity contribution in [2.45, 2.75) is 18.2 Å². The van der Waals surface area contributed by atoms with Crippen molar-refractivity contribution in [1.29, 1.82) is 0 Å². The monoisotopic (exact) mass is 375 g/mol. The van der Waals surface area contributed by atoms with Gasteiger partial charge in [-0.15, -0.1) is 0 Å². The summed E-state index contributed by atoms with van der Waals surface area (Å²) in [5.41, 5.74) is 0.749. The van der Waals surface area contributed by atoms with Crippen molar-refractivity contribution in [3.63, 3.8) is 0 Å². The van der Waals surface area contributed by atoms with Crippen molar-refractivity contribution >= 4 is 26.0 Å². The Labute approximate surface area is 135 Å². The molecule has 0 saturated carbocycles. The summed E-state index contributed by atoms with van der Waals surface area (Å²) in [6.45, 7) is 7.33. The second-order valence-corrected chi connectivity index (χ2v) is 7.90. The Morgan fingerprint density at radius 1 is 1.33 bits per heavy atom. The Bertz CT molecular complexity index is 572. The Morgan fingerprint density at radius 3 is 2.71 bits per heavy atom. The van der Waals surface area contributed by atoms with E-state index in [1.54, 1.807) is 19.1 Å². The summed E-state index contributed by atoms with van der Waals surface area (Å²) in [6.07, 6.45) is 0.828. The Kier molecular flexibility index (Phi) is 6.19. The number of piperazine rings is 1. The first-order chi connectivity index (χ1) is 9.99. The molecule has 21 heavy (non-hydrogen) atoms. The van der Waals surface area contributed by atoms with E-state index in [1.807, 2.05) is 6.07 Å². The van der Waals surface area contributed by atoms with Gasteiger partial charge in [0.05, 0.1) is 4.90 Å². The summed E-state index contributed by atoms with van der Waals surface area (Å²) in [4.78, 5) is 2.71. The van der Waals surface area contributed by atoms with Crippen LogP contribution >= 0.6 is 15.9 Å². The highest BCUT2D eigenvalue weighted by Crippen LogP contribution is 2.19. The predicted octanol–water partition coefficient (Wildman–Crippen LogP) is 1.33. The zero-order valence-corrected chi connectivity index (χ0v) is 14.6. The topological polar surface area (TPSA) is 61.4 Å². The lowest BCUT2D eigenvalue weighted by atomic mass is 10.2. The highest BCUT2D eigenvalue weighted by molar-refractivity contribution is 9.10. The minimum atomic E-state index is -3.41. The van der Waals surface area contributed by atoms with Crippen molar-refractivity contribution in [3.8, 4) is 0 Å². The van der Waals surface area contributed by atoms with Gasteiger partial charge in [0, 0.05) is 37.2 Å². The quantitative estimate of drug-likeness (QED) is 0.736. The van der Waals surface area contributed by atoms with E-state index in [4.69, 9.17) is 0 Å². The maximum absolute atomic E-state index is 12.3. The average Bonchev–Trinajstić information content (AvgIpc) is 2.44. The van der Waals surface area contributed by atoms with Gasteiger partial charge in [-0.2, -0.15) is 0 Å². The molecule has 5 nitrogen and oxygen atoms in total. The van der Waals surface area contributed by atoms with Crippen LogP contribution < -0.4 is 10.0 Å². The van der Waals surface area contributed by atoms with Crippen LogP contribution in [0.2, 0.25) is 0 Å². The van der Waals surface area contributed by atoms with E-state index in [2.05, 4.69) is 30.9 Å². The molecule has 0 aromatic heterocycles. The second kappa shape index (κ2) is 7.69. The van der Waals surface area contributed by atoms with Crippen LogP contribution in [0.5, 0.6) is 0 Å². The van der Waals surface area contributed by atoms with E-state index < -0.39 is 10.0 Å². The number of benzene rings is 1. The molecule has 1 aromatic rings. The van der Waals surface area contributed by atoms with Gasteiger partial charge in [-0.25, -0.2) is 13.1 Å². The van der Waals surface area contributed by atoms with Gasteiger partial charge in [-0.1, -0.05) is 15.9 Å². The molecule has 1 aliphatic rings. The zero-order valence-electron chi connectivity index (χ0n) is 12.2. The van der Waals surface area contributed by atoms with Crippen molar-refractivity contribution in [1.82, 2.24) is 14.9 Å². The van der Waals surface area contributed by atoms with E-state index in [1.165, 1.54) is 0 Å². The number of hydrogen-bond donors (Lipinski definition) is 2. The van der Waals surface area contributed by atoms with E-state index in [0.717, 1.165) is 49.2 Å². The molecule has 2 N–H and O–H groups in total. The van der Waals surface area contributed by atoms with Gasteiger partial charge in [-0.3, -0.25) is 0 Å². The minimum Gasteiger partial charge on any atom is -0.314 e. The highest BCUT2D eigenvalue weighted by Gasteiger charge is 2.16. The molecule has 0 atom stereocenters. The standard InChI is InChI=1S/C14H22BrN3O2S/c1-12-11-13(15)3-4-14(12)21(19,20)17-5-2-8-18-9-6-16-7-10-18/h3-4,11,16-17H,2,5-10H2,1H3. The normalized spacial score (nSPS) is 17.0. The lowest BCUT2D eigenvalue weighted by Crippen LogP contribution is -2.44. The first kappa shape index (κ1) is 16.9. The summed E-state index contributed by atoms with van der Waals surface area (Å²) in [7, 11) is -3.41.